The highest BCUT2D eigenvalue weighted by Gasteiger charge is 2.29. The first-order valence-corrected chi connectivity index (χ1v) is 6.12. The van der Waals surface area contributed by atoms with E-state index in [-0.39, 0.29) is 0 Å². The molecule has 0 bridgehead atoms. The molecular weight excluding hydrogens is 188 g/mol. The Labute approximate surface area is 93.2 Å². The van der Waals surface area contributed by atoms with Crippen molar-refractivity contribution in [1.82, 2.24) is 10.2 Å². The van der Waals surface area contributed by atoms with Gasteiger partial charge in [0, 0.05) is 18.5 Å². The van der Waals surface area contributed by atoms with Crippen molar-refractivity contribution < 1.29 is 4.79 Å². The molecule has 1 N–H and O–H groups in total. The van der Waals surface area contributed by atoms with Crippen molar-refractivity contribution in [3.05, 3.63) is 0 Å². The molecule has 3 nitrogen and oxygen atoms in total. The highest BCUT2D eigenvalue weighted by atomic mass is 16.2. The monoisotopic (exact) mass is 212 g/mol. The smallest absolute Gasteiger partial charge is 0.223 e. The van der Waals surface area contributed by atoms with E-state index in [9.17, 15) is 4.79 Å². The molecule has 0 aromatic heterocycles. The van der Waals surface area contributed by atoms with Gasteiger partial charge in [0.2, 0.25) is 5.91 Å². The Morgan fingerprint density at radius 2 is 2.13 bits per heavy atom. The van der Waals surface area contributed by atoms with Crippen LogP contribution in [-0.4, -0.2) is 36.5 Å². The predicted molar refractivity (Wildman–Crippen MR) is 62.8 cm³/mol. The second kappa shape index (κ2) is 6.11. The lowest BCUT2D eigenvalue weighted by atomic mass is 9.90. The van der Waals surface area contributed by atoms with Gasteiger partial charge in [-0.05, 0) is 53.1 Å². The summed E-state index contributed by atoms with van der Waals surface area (Å²) < 4.78 is 0. The molecule has 1 rings (SSSR count). The van der Waals surface area contributed by atoms with Crippen molar-refractivity contribution in [3.63, 3.8) is 0 Å². The lowest BCUT2D eigenvalue weighted by Crippen LogP contribution is -2.48. The summed E-state index contributed by atoms with van der Waals surface area (Å²) in [6.07, 6.45) is 5.34. The van der Waals surface area contributed by atoms with Crippen LogP contribution in [0, 0.1) is 0 Å². The van der Waals surface area contributed by atoms with Crippen molar-refractivity contribution >= 4 is 5.91 Å². The minimum Gasteiger partial charge on any atom is -0.337 e. The Morgan fingerprint density at radius 1 is 1.47 bits per heavy atom. The van der Waals surface area contributed by atoms with E-state index < -0.39 is 0 Å². The third kappa shape index (κ3) is 3.49. The van der Waals surface area contributed by atoms with Crippen molar-refractivity contribution in [2.24, 2.45) is 0 Å². The summed E-state index contributed by atoms with van der Waals surface area (Å²) >= 11 is 0. The molecule has 0 aromatic rings. The molecule has 0 radical (unpaired) electrons. The first kappa shape index (κ1) is 12.5. The van der Waals surface area contributed by atoms with Gasteiger partial charge < -0.3 is 10.2 Å². The summed E-state index contributed by atoms with van der Waals surface area (Å²) in [7, 11) is 1.93. The van der Waals surface area contributed by atoms with Crippen molar-refractivity contribution in [2.75, 3.05) is 13.6 Å². The maximum Gasteiger partial charge on any atom is 0.223 e. The lowest BCUT2D eigenvalue weighted by molar-refractivity contribution is -0.137. The summed E-state index contributed by atoms with van der Waals surface area (Å²) in [4.78, 5) is 14.1. The number of carbonyl (C=O) groups is 1. The van der Waals surface area contributed by atoms with E-state index in [0.717, 1.165) is 13.0 Å². The third-order valence-electron chi connectivity index (χ3n) is 3.13. The predicted octanol–water partition coefficient (Wildman–Crippen LogP) is 1.78. The van der Waals surface area contributed by atoms with Gasteiger partial charge in [-0.1, -0.05) is 0 Å². The molecule has 3 heteroatoms. The van der Waals surface area contributed by atoms with Gasteiger partial charge in [-0.15, -0.1) is 0 Å². The average Bonchev–Trinajstić information content (AvgIpc) is 2.10. The zero-order chi connectivity index (χ0) is 11.3. The van der Waals surface area contributed by atoms with E-state index in [0.29, 0.717) is 24.4 Å². The molecule has 1 fully saturated rings. The van der Waals surface area contributed by atoms with Crippen LogP contribution in [0.4, 0.5) is 0 Å². The Kier molecular flexibility index (Phi) is 5.09. The van der Waals surface area contributed by atoms with Gasteiger partial charge in [0.1, 0.15) is 0 Å². The molecule has 15 heavy (non-hydrogen) atoms. The normalized spacial score (nSPS) is 16.5. The van der Waals surface area contributed by atoms with Crippen LogP contribution >= 0.6 is 0 Å². The Bertz CT molecular complexity index is 200. The molecular formula is C12H24N2O. The minimum absolute atomic E-state index is 0.338. The molecule has 0 heterocycles. The molecule has 0 spiro atoms. The molecule has 0 unspecified atom stereocenters. The van der Waals surface area contributed by atoms with E-state index in [1.165, 1.54) is 19.3 Å². The fourth-order valence-electron chi connectivity index (χ4n) is 2.12. The van der Waals surface area contributed by atoms with E-state index in [1.54, 1.807) is 0 Å². The first-order valence-electron chi connectivity index (χ1n) is 6.12. The standard InChI is InChI=1S/C12H24N2O/c1-10(2)14(11-6-4-7-11)12(15)8-5-9-13-3/h10-11,13H,4-9H2,1-3H3. The Morgan fingerprint density at radius 3 is 2.53 bits per heavy atom. The minimum atomic E-state index is 0.338. The van der Waals surface area contributed by atoms with Crippen LogP contribution in [0.2, 0.25) is 0 Å². The van der Waals surface area contributed by atoms with Gasteiger partial charge in [0.25, 0.3) is 0 Å². The summed E-state index contributed by atoms with van der Waals surface area (Å²) in [5.74, 6) is 0.338. The highest BCUT2D eigenvalue weighted by molar-refractivity contribution is 5.76. The van der Waals surface area contributed by atoms with Crippen molar-refractivity contribution in [2.45, 2.75) is 58.0 Å². The van der Waals surface area contributed by atoms with Gasteiger partial charge in [0.05, 0.1) is 0 Å². The summed E-state index contributed by atoms with van der Waals surface area (Å²) in [6.45, 7) is 5.17. The van der Waals surface area contributed by atoms with E-state index >= 15 is 0 Å². The Balaban J connectivity index is 2.37. The van der Waals surface area contributed by atoms with Gasteiger partial charge in [-0.2, -0.15) is 0 Å². The number of carbonyl (C=O) groups excluding carboxylic acids is 1. The SMILES string of the molecule is CNCCCC(=O)N(C(C)C)C1CCC1. The summed E-state index contributed by atoms with van der Waals surface area (Å²) in [5.41, 5.74) is 0. The summed E-state index contributed by atoms with van der Waals surface area (Å²) in [6, 6.07) is 0.893. The molecule has 1 amide bonds. The summed E-state index contributed by atoms with van der Waals surface area (Å²) in [5, 5.41) is 3.08. The second-order valence-corrected chi connectivity index (χ2v) is 4.69. The lowest BCUT2D eigenvalue weighted by Gasteiger charge is -2.40. The molecule has 1 aliphatic carbocycles. The zero-order valence-electron chi connectivity index (χ0n) is 10.3. The highest BCUT2D eigenvalue weighted by Crippen LogP contribution is 2.27. The van der Waals surface area contributed by atoms with Crippen molar-refractivity contribution in [3.8, 4) is 0 Å². The molecule has 0 atom stereocenters. The zero-order valence-corrected chi connectivity index (χ0v) is 10.3. The van der Waals surface area contributed by atoms with Crippen LogP contribution in [0.3, 0.4) is 0 Å². The first-order chi connectivity index (χ1) is 7.16. The molecule has 0 aliphatic heterocycles. The van der Waals surface area contributed by atoms with Crippen LogP contribution in [-0.2, 0) is 4.79 Å². The maximum atomic E-state index is 12.0. The van der Waals surface area contributed by atoms with E-state index in [4.69, 9.17) is 0 Å². The van der Waals surface area contributed by atoms with Crippen LogP contribution in [0.15, 0.2) is 0 Å². The van der Waals surface area contributed by atoms with Crippen LogP contribution < -0.4 is 5.32 Å². The largest absolute Gasteiger partial charge is 0.337 e. The fourth-order valence-corrected chi connectivity index (χ4v) is 2.12. The molecule has 0 saturated heterocycles. The van der Waals surface area contributed by atoms with E-state index in [1.807, 2.05) is 7.05 Å². The van der Waals surface area contributed by atoms with Crippen LogP contribution in [0.25, 0.3) is 0 Å². The van der Waals surface area contributed by atoms with Crippen LogP contribution in [0.1, 0.15) is 46.0 Å². The van der Waals surface area contributed by atoms with E-state index in [2.05, 4.69) is 24.1 Å². The molecule has 1 saturated carbocycles. The van der Waals surface area contributed by atoms with Crippen molar-refractivity contribution in [1.29, 1.82) is 0 Å². The van der Waals surface area contributed by atoms with Gasteiger partial charge in [-0.25, -0.2) is 0 Å². The molecule has 0 aromatic carbocycles. The quantitative estimate of drug-likeness (QED) is 0.681. The fraction of sp³-hybridized carbons (Fsp3) is 0.917. The number of rotatable bonds is 6. The van der Waals surface area contributed by atoms with Gasteiger partial charge in [-0.3, -0.25) is 4.79 Å². The van der Waals surface area contributed by atoms with Crippen LogP contribution in [0.5, 0.6) is 0 Å². The Hall–Kier alpha value is -0.570. The number of hydrogen-bond acceptors (Lipinski definition) is 2. The molecule has 1 aliphatic rings. The third-order valence-corrected chi connectivity index (χ3v) is 3.13. The number of nitrogens with zero attached hydrogens (tertiary/aromatic N) is 1. The second-order valence-electron chi connectivity index (χ2n) is 4.69. The van der Waals surface area contributed by atoms with Gasteiger partial charge in [0.15, 0.2) is 0 Å². The van der Waals surface area contributed by atoms with Gasteiger partial charge >= 0.3 is 0 Å². The number of amides is 1. The molecule has 88 valence electrons. The maximum absolute atomic E-state index is 12.0. The topological polar surface area (TPSA) is 32.3 Å². The number of hydrogen-bond donors (Lipinski definition) is 1. The average molecular weight is 212 g/mol. The number of nitrogens with one attached hydrogen (secondary N) is 1.